The summed E-state index contributed by atoms with van der Waals surface area (Å²) in [6.07, 6.45) is 0. The summed E-state index contributed by atoms with van der Waals surface area (Å²) in [4.78, 5) is 3.14. The standard InChI is InChI=1S/C12H13FN2S3/c13-8-1-2-10-11(5-8)15(12(16)14-10)6-9-7-17-3-4-18-9/h1-2,5,9H,3-4,6-7H2,(H,14,16). The Morgan fingerprint density at radius 3 is 3.11 bits per heavy atom. The number of H-pyrrole nitrogens is 1. The molecule has 0 radical (unpaired) electrons. The number of imidazole rings is 1. The number of fused-ring (bicyclic) bond motifs is 1. The smallest absolute Gasteiger partial charge is 0.178 e. The highest BCUT2D eigenvalue weighted by Crippen LogP contribution is 2.26. The number of nitrogens with one attached hydrogen (secondary N) is 1. The van der Waals surface area contributed by atoms with Crippen LogP contribution in [0, 0.1) is 10.6 Å². The summed E-state index contributed by atoms with van der Waals surface area (Å²) < 4.78 is 16.0. The predicted molar refractivity (Wildman–Crippen MR) is 80.7 cm³/mol. The molecule has 0 aliphatic carbocycles. The van der Waals surface area contributed by atoms with Gasteiger partial charge in [0.2, 0.25) is 0 Å². The summed E-state index contributed by atoms with van der Waals surface area (Å²) in [5.74, 6) is 3.36. The van der Waals surface area contributed by atoms with Gasteiger partial charge in [0.15, 0.2) is 4.77 Å². The monoisotopic (exact) mass is 300 g/mol. The van der Waals surface area contributed by atoms with Crippen LogP contribution in [0.15, 0.2) is 18.2 Å². The Bertz CT molecular complexity index is 613. The van der Waals surface area contributed by atoms with E-state index in [2.05, 4.69) is 4.98 Å². The van der Waals surface area contributed by atoms with Crippen LogP contribution in [-0.4, -0.2) is 32.1 Å². The summed E-state index contributed by atoms with van der Waals surface area (Å²) >= 11 is 9.31. The van der Waals surface area contributed by atoms with E-state index in [4.69, 9.17) is 12.2 Å². The summed E-state index contributed by atoms with van der Waals surface area (Å²) in [6, 6.07) is 4.77. The molecule has 1 aliphatic heterocycles. The number of hydrogen-bond acceptors (Lipinski definition) is 3. The Labute approximate surface area is 118 Å². The van der Waals surface area contributed by atoms with Gasteiger partial charge in [0.25, 0.3) is 0 Å². The quantitative estimate of drug-likeness (QED) is 0.855. The predicted octanol–water partition coefficient (Wildman–Crippen LogP) is 3.69. The fourth-order valence-electron chi connectivity index (χ4n) is 2.15. The molecule has 1 fully saturated rings. The lowest BCUT2D eigenvalue weighted by Crippen LogP contribution is -2.20. The zero-order valence-corrected chi connectivity index (χ0v) is 12.1. The molecule has 1 unspecified atom stereocenters. The number of hydrogen-bond donors (Lipinski definition) is 1. The highest BCUT2D eigenvalue weighted by molar-refractivity contribution is 8.06. The van der Waals surface area contributed by atoms with Crippen molar-refractivity contribution >= 4 is 46.8 Å². The molecular weight excluding hydrogens is 287 g/mol. The molecule has 96 valence electrons. The van der Waals surface area contributed by atoms with Crippen molar-refractivity contribution in [1.82, 2.24) is 9.55 Å². The Balaban J connectivity index is 1.97. The van der Waals surface area contributed by atoms with Crippen LogP contribution in [0.3, 0.4) is 0 Å². The number of nitrogens with zero attached hydrogens (tertiary/aromatic N) is 1. The summed E-state index contributed by atoms with van der Waals surface area (Å²) in [6.45, 7) is 0.861. The van der Waals surface area contributed by atoms with E-state index >= 15 is 0 Å². The van der Waals surface area contributed by atoms with Gasteiger partial charge in [-0.25, -0.2) is 4.39 Å². The van der Waals surface area contributed by atoms with Crippen LogP contribution in [0.5, 0.6) is 0 Å². The van der Waals surface area contributed by atoms with Gasteiger partial charge in [0.05, 0.1) is 11.0 Å². The first-order valence-corrected chi connectivity index (χ1v) is 8.42. The Morgan fingerprint density at radius 1 is 1.44 bits per heavy atom. The molecule has 1 aromatic carbocycles. The largest absolute Gasteiger partial charge is 0.331 e. The highest BCUT2D eigenvalue weighted by Gasteiger charge is 2.16. The second-order valence-corrected chi connectivity index (χ2v) is 7.21. The van der Waals surface area contributed by atoms with E-state index in [-0.39, 0.29) is 5.82 Å². The number of aromatic nitrogens is 2. The molecule has 2 nitrogen and oxygen atoms in total. The third-order valence-electron chi connectivity index (χ3n) is 3.01. The van der Waals surface area contributed by atoms with Gasteiger partial charge >= 0.3 is 0 Å². The number of rotatable bonds is 2. The molecule has 18 heavy (non-hydrogen) atoms. The average molecular weight is 300 g/mol. The Hall–Kier alpha value is -0.460. The summed E-state index contributed by atoms with van der Waals surface area (Å²) in [5.41, 5.74) is 1.78. The molecule has 1 N–H and O–H groups in total. The minimum absolute atomic E-state index is 0.212. The maximum atomic E-state index is 13.3. The molecule has 1 atom stereocenters. The molecule has 2 aromatic rings. The molecule has 0 saturated carbocycles. The van der Waals surface area contributed by atoms with Crippen molar-refractivity contribution in [3.63, 3.8) is 0 Å². The molecule has 0 spiro atoms. The van der Waals surface area contributed by atoms with Crippen molar-refractivity contribution in [2.75, 3.05) is 17.3 Å². The van der Waals surface area contributed by atoms with E-state index in [1.54, 1.807) is 12.1 Å². The maximum absolute atomic E-state index is 13.3. The van der Waals surface area contributed by atoms with E-state index in [0.29, 0.717) is 10.0 Å². The molecule has 2 heterocycles. The zero-order valence-electron chi connectivity index (χ0n) is 9.69. The minimum atomic E-state index is -0.212. The van der Waals surface area contributed by atoms with Gasteiger partial charge < -0.3 is 9.55 Å². The van der Waals surface area contributed by atoms with E-state index in [1.807, 2.05) is 28.1 Å². The van der Waals surface area contributed by atoms with Gasteiger partial charge in [0.1, 0.15) is 5.82 Å². The first-order valence-electron chi connectivity index (χ1n) is 5.81. The third-order valence-corrected chi connectivity index (χ3v) is 6.16. The van der Waals surface area contributed by atoms with Crippen LogP contribution in [0.25, 0.3) is 11.0 Å². The SMILES string of the molecule is Fc1ccc2[nH]c(=S)n(CC3CSCCS3)c2c1. The normalized spacial score (nSPS) is 20.4. The maximum Gasteiger partial charge on any atom is 0.178 e. The van der Waals surface area contributed by atoms with Crippen molar-refractivity contribution in [2.45, 2.75) is 11.8 Å². The van der Waals surface area contributed by atoms with Crippen LogP contribution in [0.2, 0.25) is 0 Å². The molecule has 1 aromatic heterocycles. The van der Waals surface area contributed by atoms with Gasteiger partial charge in [-0.3, -0.25) is 0 Å². The van der Waals surface area contributed by atoms with Crippen molar-refractivity contribution in [1.29, 1.82) is 0 Å². The Kier molecular flexibility index (Phi) is 3.68. The summed E-state index contributed by atoms with van der Waals surface area (Å²) in [5, 5.41) is 0.567. The zero-order chi connectivity index (χ0) is 12.5. The molecule has 6 heteroatoms. The molecule has 1 aliphatic rings. The molecule has 3 rings (SSSR count). The number of halogens is 1. The Morgan fingerprint density at radius 2 is 2.33 bits per heavy atom. The molecule has 1 saturated heterocycles. The molecular formula is C12H13FN2S3. The second-order valence-electron chi connectivity index (χ2n) is 4.27. The topological polar surface area (TPSA) is 20.7 Å². The van der Waals surface area contributed by atoms with Crippen molar-refractivity contribution in [3.8, 4) is 0 Å². The van der Waals surface area contributed by atoms with Crippen molar-refractivity contribution in [3.05, 3.63) is 28.8 Å². The molecule has 0 bridgehead atoms. The van der Waals surface area contributed by atoms with Crippen LogP contribution in [0.1, 0.15) is 0 Å². The molecule has 0 amide bonds. The van der Waals surface area contributed by atoms with Crippen LogP contribution >= 0.6 is 35.7 Å². The first-order chi connectivity index (χ1) is 8.74. The van der Waals surface area contributed by atoms with Crippen molar-refractivity contribution < 1.29 is 4.39 Å². The van der Waals surface area contributed by atoms with Gasteiger partial charge in [-0.1, -0.05) is 0 Å². The summed E-state index contributed by atoms with van der Waals surface area (Å²) in [7, 11) is 0. The number of benzene rings is 1. The van der Waals surface area contributed by atoms with Gasteiger partial charge in [-0.05, 0) is 30.4 Å². The lowest BCUT2D eigenvalue weighted by Gasteiger charge is -2.21. The fraction of sp³-hybridized carbons (Fsp3) is 0.417. The van der Waals surface area contributed by atoms with E-state index in [1.165, 1.54) is 17.6 Å². The fourth-order valence-corrected chi connectivity index (χ4v) is 5.09. The van der Waals surface area contributed by atoms with Gasteiger partial charge in [-0.15, -0.1) is 0 Å². The van der Waals surface area contributed by atoms with Crippen LogP contribution in [0.4, 0.5) is 4.39 Å². The van der Waals surface area contributed by atoms with Crippen LogP contribution < -0.4 is 0 Å². The van der Waals surface area contributed by atoms with E-state index in [0.717, 1.165) is 23.3 Å². The second kappa shape index (κ2) is 5.27. The lowest BCUT2D eigenvalue weighted by atomic mass is 10.3. The highest BCUT2D eigenvalue weighted by atomic mass is 32.2. The van der Waals surface area contributed by atoms with E-state index in [9.17, 15) is 4.39 Å². The average Bonchev–Trinajstić information content (AvgIpc) is 2.67. The van der Waals surface area contributed by atoms with Gasteiger partial charge in [-0.2, -0.15) is 23.5 Å². The number of thioether (sulfide) groups is 2. The van der Waals surface area contributed by atoms with Crippen molar-refractivity contribution in [2.24, 2.45) is 0 Å². The third kappa shape index (κ3) is 2.46. The minimum Gasteiger partial charge on any atom is -0.331 e. The van der Waals surface area contributed by atoms with Gasteiger partial charge in [0, 0.05) is 29.1 Å². The van der Waals surface area contributed by atoms with E-state index < -0.39 is 0 Å². The first kappa shape index (κ1) is 12.6. The number of aromatic amines is 1. The lowest BCUT2D eigenvalue weighted by molar-refractivity contribution is 0.627. The van der Waals surface area contributed by atoms with Crippen LogP contribution in [-0.2, 0) is 6.54 Å².